The third-order valence-corrected chi connectivity index (χ3v) is 6.60. The van der Waals surface area contributed by atoms with Crippen LogP contribution in [0.5, 0.6) is 5.75 Å². The summed E-state index contributed by atoms with van der Waals surface area (Å²) in [6.45, 7) is 1.07. The zero-order chi connectivity index (χ0) is 24.7. The molecule has 0 aliphatic carbocycles. The first-order valence-corrected chi connectivity index (χ1v) is 13.0. The standard InChI is InChI=1S/C26H27N5O3S/c1-35(33,34)31(19-23-7-2-3-14-27-23)18-21-5-4-6-22(17-21)25-13-16-29-26(30-25)28-15-12-20-8-10-24(32)11-9-20/h2-11,13-14,16-17,32H,12,15,18-19H2,1H3,(H,28,29,30). The van der Waals surface area contributed by atoms with Crippen molar-refractivity contribution in [2.45, 2.75) is 19.5 Å². The zero-order valence-corrected chi connectivity index (χ0v) is 20.2. The SMILES string of the molecule is CS(=O)(=O)N(Cc1cccc(-c2ccnc(NCCc3ccc(O)cc3)n2)c1)Cc1ccccn1. The van der Waals surface area contributed by atoms with Gasteiger partial charge in [0.25, 0.3) is 0 Å². The molecule has 0 atom stereocenters. The maximum absolute atomic E-state index is 12.4. The minimum atomic E-state index is -3.44. The summed E-state index contributed by atoms with van der Waals surface area (Å²) in [5.74, 6) is 0.760. The van der Waals surface area contributed by atoms with Gasteiger partial charge in [-0.1, -0.05) is 36.4 Å². The molecule has 2 N–H and O–H groups in total. The summed E-state index contributed by atoms with van der Waals surface area (Å²) >= 11 is 0. The van der Waals surface area contributed by atoms with Gasteiger partial charge in [0.2, 0.25) is 16.0 Å². The molecule has 0 spiro atoms. The van der Waals surface area contributed by atoms with E-state index in [-0.39, 0.29) is 18.8 Å². The van der Waals surface area contributed by atoms with Crippen LogP contribution in [-0.4, -0.2) is 45.6 Å². The van der Waals surface area contributed by atoms with Crippen molar-refractivity contribution in [1.29, 1.82) is 0 Å². The van der Waals surface area contributed by atoms with Crippen molar-refractivity contribution in [3.63, 3.8) is 0 Å². The molecule has 2 aromatic heterocycles. The molecule has 0 bridgehead atoms. The van der Waals surface area contributed by atoms with E-state index in [1.54, 1.807) is 30.6 Å². The molecular formula is C26H27N5O3S. The van der Waals surface area contributed by atoms with Crippen LogP contribution in [0, 0.1) is 0 Å². The van der Waals surface area contributed by atoms with Gasteiger partial charge in [-0.25, -0.2) is 18.4 Å². The fourth-order valence-corrected chi connectivity index (χ4v) is 4.33. The third kappa shape index (κ3) is 7.08. The van der Waals surface area contributed by atoms with Crippen molar-refractivity contribution < 1.29 is 13.5 Å². The van der Waals surface area contributed by atoms with Gasteiger partial charge >= 0.3 is 0 Å². The smallest absolute Gasteiger partial charge is 0.223 e. The second kappa shape index (κ2) is 11.1. The minimum Gasteiger partial charge on any atom is -0.508 e. The number of aromatic hydroxyl groups is 1. The lowest BCUT2D eigenvalue weighted by atomic mass is 10.1. The molecule has 4 aromatic rings. The Hall–Kier alpha value is -3.82. The second-order valence-corrected chi connectivity index (χ2v) is 10.1. The van der Waals surface area contributed by atoms with E-state index < -0.39 is 10.0 Å². The zero-order valence-electron chi connectivity index (χ0n) is 19.4. The van der Waals surface area contributed by atoms with E-state index in [9.17, 15) is 13.5 Å². The molecule has 35 heavy (non-hydrogen) atoms. The van der Waals surface area contributed by atoms with Gasteiger partial charge in [-0.2, -0.15) is 4.31 Å². The van der Waals surface area contributed by atoms with Crippen LogP contribution in [0.4, 0.5) is 5.95 Å². The molecule has 0 radical (unpaired) electrons. The van der Waals surface area contributed by atoms with E-state index in [0.717, 1.165) is 28.8 Å². The average Bonchev–Trinajstić information content (AvgIpc) is 2.85. The van der Waals surface area contributed by atoms with Crippen LogP contribution in [0.1, 0.15) is 16.8 Å². The summed E-state index contributed by atoms with van der Waals surface area (Å²) in [6, 6.07) is 22.1. The molecule has 0 aliphatic rings. The molecule has 8 nitrogen and oxygen atoms in total. The summed E-state index contributed by atoms with van der Waals surface area (Å²) in [6.07, 6.45) is 5.32. The fourth-order valence-electron chi connectivity index (χ4n) is 3.58. The Morgan fingerprint density at radius 1 is 0.886 bits per heavy atom. The molecule has 0 fully saturated rings. The summed E-state index contributed by atoms with van der Waals surface area (Å²) in [5, 5.41) is 12.6. The van der Waals surface area contributed by atoms with Crippen molar-refractivity contribution in [3.05, 3.63) is 102 Å². The first-order chi connectivity index (χ1) is 16.9. The number of phenols is 1. The highest BCUT2D eigenvalue weighted by molar-refractivity contribution is 7.88. The Morgan fingerprint density at radius 3 is 2.46 bits per heavy atom. The fraction of sp³-hybridized carbons (Fsp3) is 0.192. The molecule has 0 saturated carbocycles. The second-order valence-electron chi connectivity index (χ2n) is 8.16. The Labute approximate surface area is 205 Å². The molecule has 2 heterocycles. The van der Waals surface area contributed by atoms with Gasteiger partial charge in [-0.05, 0) is 53.9 Å². The number of hydrogen-bond donors (Lipinski definition) is 2. The Balaban J connectivity index is 1.45. The molecule has 180 valence electrons. The van der Waals surface area contributed by atoms with Gasteiger partial charge in [0, 0.05) is 31.0 Å². The average molecular weight is 490 g/mol. The number of sulfonamides is 1. The Bertz CT molecular complexity index is 1360. The Kier molecular flexibility index (Phi) is 7.69. The van der Waals surface area contributed by atoms with Crippen LogP contribution < -0.4 is 5.32 Å². The molecule has 0 unspecified atom stereocenters. The van der Waals surface area contributed by atoms with E-state index in [1.807, 2.05) is 54.6 Å². The van der Waals surface area contributed by atoms with Gasteiger partial charge in [0.1, 0.15) is 5.75 Å². The molecule has 2 aromatic carbocycles. The lowest BCUT2D eigenvalue weighted by molar-refractivity contribution is 0.401. The van der Waals surface area contributed by atoms with E-state index in [1.165, 1.54) is 10.6 Å². The monoisotopic (exact) mass is 489 g/mol. The van der Waals surface area contributed by atoms with Gasteiger partial charge in [0.05, 0.1) is 24.2 Å². The van der Waals surface area contributed by atoms with Crippen molar-refractivity contribution in [1.82, 2.24) is 19.3 Å². The molecule has 0 amide bonds. The summed E-state index contributed by atoms with van der Waals surface area (Å²) in [4.78, 5) is 13.2. The van der Waals surface area contributed by atoms with Gasteiger partial charge in [-0.15, -0.1) is 0 Å². The molecule has 4 rings (SSSR count). The summed E-state index contributed by atoms with van der Waals surface area (Å²) in [5.41, 5.74) is 4.25. The van der Waals surface area contributed by atoms with E-state index in [2.05, 4.69) is 20.3 Å². The predicted molar refractivity (Wildman–Crippen MR) is 136 cm³/mol. The first kappa shape index (κ1) is 24.3. The quantitative estimate of drug-likeness (QED) is 0.348. The number of benzene rings is 2. The minimum absolute atomic E-state index is 0.201. The van der Waals surface area contributed by atoms with Gasteiger partial charge in [-0.3, -0.25) is 4.98 Å². The highest BCUT2D eigenvalue weighted by Crippen LogP contribution is 2.21. The number of rotatable bonds is 10. The summed E-state index contributed by atoms with van der Waals surface area (Å²) in [7, 11) is -3.44. The maximum atomic E-state index is 12.4. The van der Waals surface area contributed by atoms with Crippen molar-refractivity contribution in [3.8, 4) is 17.0 Å². The lowest BCUT2D eigenvalue weighted by Gasteiger charge is -2.20. The third-order valence-electron chi connectivity index (χ3n) is 5.40. The first-order valence-electron chi connectivity index (χ1n) is 11.2. The van der Waals surface area contributed by atoms with Gasteiger partial charge in [0.15, 0.2) is 0 Å². The largest absolute Gasteiger partial charge is 0.508 e. The maximum Gasteiger partial charge on any atom is 0.223 e. The summed E-state index contributed by atoms with van der Waals surface area (Å²) < 4.78 is 26.2. The molecule has 0 saturated heterocycles. The number of nitrogens with zero attached hydrogens (tertiary/aromatic N) is 4. The van der Waals surface area contributed by atoms with Crippen LogP contribution in [0.3, 0.4) is 0 Å². The van der Waals surface area contributed by atoms with Crippen LogP contribution in [0.15, 0.2) is 85.2 Å². The van der Waals surface area contributed by atoms with Gasteiger partial charge < -0.3 is 10.4 Å². The van der Waals surface area contributed by atoms with Crippen molar-refractivity contribution in [2.24, 2.45) is 0 Å². The van der Waals surface area contributed by atoms with E-state index in [4.69, 9.17) is 0 Å². The van der Waals surface area contributed by atoms with E-state index in [0.29, 0.717) is 18.2 Å². The number of pyridine rings is 1. The molecule has 9 heteroatoms. The van der Waals surface area contributed by atoms with E-state index >= 15 is 0 Å². The van der Waals surface area contributed by atoms with Crippen molar-refractivity contribution >= 4 is 16.0 Å². The van der Waals surface area contributed by atoms with Crippen LogP contribution in [-0.2, 0) is 29.5 Å². The highest BCUT2D eigenvalue weighted by atomic mass is 32.2. The molecule has 0 aliphatic heterocycles. The van der Waals surface area contributed by atoms with Crippen LogP contribution in [0.25, 0.3) is 11.3 Å². The lowest BCUT2D eigenvalue weighted by Crippen LogP contribution is -2.29. The van der Waals surface area contributed by atoms with Crippen LogP contribution >= 0.6 is 0 Å². The number of phenolic OH excluding ortho intramolecular Hbond substituents is 1. The normalized spacial score (nSPS) is 11.5. The van der Waals surface area contributed by atoms with Crippen LogP contribution in [0.2, 0.25) is 0 Å². The van der Waals surface area contributed by atoms with Crippen molar-refractivity contribution in [2.75, 3.05) is 18.1 Å². The number of nitrogens with one attached hydrogen (secondary N) is 1. The topological polar surface area (TPSA) is 108 Å². The predicted octanol–water partition coefficient (Wildman–Crippen LogP) is 3.86. The number of anilines is 1. The number of hydrogen-bond acceptors (Lipinski definition) is 7. The molecular weight excluding hydrogens is 462 g/mol. The number of aromatic nitrogens is 3. The Morgan fingerprint density at radius 2 is 1.71 bits per heavy atom. The highest BCUT2D eigenvalue weighted by Gasteiger charge is 2.18.